The van der Waals surface area contributed by atoms with Crippen LogP contribution in [-0.4, -0.2) is 48.6 Å². The van der Waals surface area contributed by atoms with Gasteiger partial charge in [0.25, 0.3) is 0 Å². The van der Waals surface area contributed by atoms with E-state index >= 15 is 0 Å². The fraction of sp³-hybridized carbons (Fsp3) is 0.500. The predicted molar refractivity (Wildman–Crippen MR) is 60.5 cm³/mol. The van der Waals surface area contributed by atoms with E-state index in [-0.39, 0.29) is 18.5 Å². The van der Waals surface area contributed by atoms with Crippen molar-refractivity contribution in [1.29, 1.82) is 0 Å². The van der Waals surface area contributed by atoms with Crippen LogP contribution in [0.15, 0.2) is 12.5 Å². The summed E-state index contributed by atoms with van der Waals surface area (Å²) in [6.45, 7) is -0.217. The van der Waals surface area contributed by atoms with Gasteiger partial charge in [-0.25, -0.2) is 14.5 Å². The van der Waals surface area contributed by atoms with Gasteiger partial charge in [-0.3, -0.25) is 0 Å². The molecule has 1 fully saturated rings. The summed E-state index contributed by atoms with van der Waals surface area (Å²) in [6, 6.07) is 0. The molecule has 8 heteroatoms. The Labute approximate surface area is 102 Å². The molecule has 0 amide bonds. The molecule has 18 heavy (non-hydrogen) atoms. The summed E-state index contributed by atoms with van der Waals surface area (Å²) in [7, 11) is 0. The van der Waals surface area contributed by atoms with Gasteiger partial charge in [0, 0.05) is 6.42 Å². The Morgan fingerprint density at radius 3 is 3.06 bits per heavy atom. The number of imidazole rings is 1. The minimum atomic E-state index is -0.690. The van der Waals surface area contributed by atoms with E-state index in [1.165, 1.54) is 6.33 Å². The summed E-state index contributed by atoms with van der Waals surface area (Å²) in [5.41, 5.74) is 6.83. The summed E-state index contributed by atoms with van der Waals surface area (Å²) in [6.07, 6.45) is 1.70. The molecule has 1 aliphatic rings. The third-order valence-electron chi connectivity index (χ3n) is 3.09. The van der Waals surface area contributed by atoms with Crippen LogP contribution in [0.3, 0.4) is 0 Å². The van der Waals surface area contributed by atoms with Crippen molar-refractivity contribution in [2.75, 3.05) is 12.3 Å². The van der Waals surface area contributed by atoms with E-state index in [9.17, 15) is 5.11 Å². The maximum atomic E-state index is 9.71. The molecule has 0 radical (unpaired) electrons. The predicted octanol–water partition coefficient (Wildman–Crippen LogP) is -1.11. The van der Waals surface area contributed by atoms with Crippen molar-refractivity contribution in [3.05, 3.63) is 18.2 Å². The molecule has 1 saturated heterocycles. The molecule has 0 aliphatic carbocycles. The normalized spacial score (nSPS) is 28.0. The Balaban J connectivity index is 1.99. The molecule has 0 spiro atoms. The van der Waals surface area contributed by atoms with Gasteiger partial charge in [-0.15, -0.1) is 0 Å². The summed E-state index contributed by atoms with van der Waals surface area (Å²) in [4.78, 5) is 7.97. The van der Waals surface area contributed by atoms with E-state index in [2.05, 4.69) is 15.1 Å². The lowest BCUT2D eigenvalue weighted by Gasteiger charge is -2.11. The fourth-order valence-corrected chi connectivity index (χ4v) is 2.16. The van der Waals surface area contributed by atoms with E-state index < -0.39 is 12.2 Å². The third-order valence-corrected chi connectivity index (χ3v) is 3.09. The number of nitrogens with zero attached hydrogens (tertiary/aromatic N) is 4. The molecule has 3 rings (SSSR count). The van der Waals surface area contributed by atoms with Crippen LogP contribution < -0.4 is 5.73 Å². The van der Waals surface area contributed by atoms with Gasteiger partial charge in [-0.05, 0) is 0 Å². The number of aliphatic hydroxyl groups is 2. The van der Waals surface area contributed by atoms with E-state index in [1.807, 2.05) is 0 Å². The highest BCUT2D eigenvalue weighted by molar-refractivity contribution is 5.58. The molecule has 3 atom stereocenters. The van der Waals surface area contributed by atoms with E-state index in [0.717, 1.165) is 0 Å². The van der Waals surface area contributed by atoms with Crippen LogP contribution in [0.4, 0.5) is 5.82 Å². The zero-order valence-corrected chi connectivity index (χ0v) is 9.47. The molecule has 3 unspecified atom stereocenters. The summed E-state index contributed by atoms with van der Waals surface area (Å²) in [5.74, 6) is 0.286. The zero-order valence-electron chi connectivity index (χ0n) is 9.47. The molecule has 0 saturated carbocycles. The second-order valence-corrected chi connectivity index (χ2v) is 4.21. The van der Waals surface area contributed by atoms with Crippen LogP contribution >= 0.6 is 0 Å². The molecule has 3 heterocycles. The zero-order chi connectivity index (χ0) is 12.7. The summed E-state index contributed by atoms with van der Waals surface area (Å²) in [5, 5.41) is 22.8. The highest BCUT2D eigenvalue weighted by Gasteiger charge is 2.36. The first kappa shape index (κ1) is 11.3. The van der Waals surface area contributed by atoms with Crippen molar-refractivity contribution in [3.63, 3.8) is 0 Å². The van der Waals surface area contributed by atoms with Crippen LogP contribution in [0, 0.1) is 0 Å². The monoisotopic (exact) mass is 251 g/mol. The number of fused-ring (bicyclic) bond motifs is 1. The van der Waals surface area contributed by atoms with Crippen LogP contribution in [0.1, 0.15) is 18.2 Å². The van der Waals surface area contributed by atoms with Gasteiger partial charge in [-0.1, -0.05) is 0 Å². The maximum absolute atomic E-state index is 9.71. The molecular weight excluding hydrogens is 238 g/mol. The number of aliphatic hydroxyl groups excluding tert-OH is 2. The van der Waals surface area contributed by atoms with E-state index in [4.69, 9.17) is 15.6 Å². The molecule has 2 aromatic rings. The Morgan fingerprint density at radius 1 is 1.50 bits per heavy atom. The van der Waals surface area contributed by atoms with Crippen molar-refractivity contribution in [2.45, 2.75) is 24.7 Å². The second-order valence-electron chi connectivity index (χ2n) is 4.21. The molecule has 1 aliphatic heterocycles. The first-order valence-electron chi connectivity index (χ1n) is 5.59. The number of nitrogen functional groups attached to an aromatic ring is 1. The SMILES string of the molecule is Nc1ncnn2c(C3CC(O)C(CO)O3)cnc12. The van der Waals surface area contributed by atoms with Crippen molar-refractivity contribution in [2.24, 2.45) is 0 Å². The molecular formula is C10H13N5O3. The lowest BCUT2D eigenvalue weighted by atomic mass is 10.1. The van der Waals surface area contributed by atoms with Crippen molar-refractivity contribution >= 4 is 11.5 Å². The number of anilines is 1. The molecule has 4 N–H and O–H groups in total. The Bertz CT molecular complexity index is 572. The van der Waals surface area contributed by atoms with Crippen LogP contribution in [0.2, 0.25) is 0 Å². The average Bonchev–Trinajstić information content (AvgIpc) is 2.93. The first-order chi connectivity index (χ1) is 8.70. The Kier molecular flexibility index (Phi) is 2.62. The largest absolute Gasteiger partial charge is 0.394 e. The molecule has 0 bridgehead atoms. The van der Waals surface area contributed by atoms with Gasteiger partial charge < -0.3 is 20.7 Å². The Morgan fingerprint density at radius 2 is 2.33 bits per heavy atom. The number of hydrogen-bond acceptors (Lipinski definition) is 7. The van der Waals surface area contributed by atoms with Crippen molar-refractivity contribution < 1.29 is 14.9 Å². The van der Waals surface area contributed by atoms with E-state index in [1.54, 1.807) is 10.7 Å². The lowest BCUT2D eigenvalue weighted by molar-refractivity contribution is -0.0240. The van der Waals surface area contributed by atoms with Gasteiger partial charge in [0.05, 0.1) is 24.6 Å². The second kappa shape index (κ2) is 4.16. The van der Waals surface area contributed by atoms with Crippen LogP contribution in [0.5, 0.6) is 0 Å². The molecule has 8 nitrogen and oxygen atoms in total. The first-order valence-corrected chi connectivity index (χ1v) is 5.59. The quantitative estimate of drug-likeness (QED) is 0.619. The number of ether oxygens (including phenoxy) is 1. The molecule has 0 aromatic carbocycles. The van der Waals surface area contributed by atoms with Crippen molar-refractivity contribution in [3.8, 4) is 0 Å². The standard InChI is InChI=1S/C10H13N5O3/c11-9-10-12-2-5(15(10)14-4-13-9)7-1-6(17)8(3-16)18-7/h2,4,6-8,16-17H,1,3H2,(H2,11,13,14). The third kappa shape index (κ3) is 1.62. The van der Waals surface area contributed by atoms with Gasteiger partial charge in [0.1, 0.15) is 18.5 Å². The van der Waals surface area contributed by atoms with E-state index in [0.29, 0.717) is 17.8 Å². The average molecular weight is 251 g/mol. The van der Waals surface area contributed by atoms with Crippen LogP contribution in [0.25, 0.3) is 5.65 Å². The van der Waals surface area contributed by atoms with Gasteiger partial charge in [0.15, 0.2) is 11.5 Å². The Hall–Kier alpha value is -1.77. The molecule has 2 aromatic heterocycles. The highest BCUT2D eigenvalue weighted by atomic mass is 16.5. The number of rotatable bonds is 2. The minimum Gasteiger partial charge on any atom is -0.394 e. The van der Waals surface area contributed by atoms with Crippen molar-refractivity contribution in [1.82, 2.24) is 19.6 Å². The topological polar surface area (TPSA) is 119 Å². The van der Waals surface area contributed by atoms with Gasteiger partial charge in [0.2, 0.25) is 0 Å². The minimum absolute atomic E-state index is 0.217. The fourth-order valence-electron chi connectivity index (χ4n) is 2.16. The van der Waals surface area contributed by atoms with Gasteiger partial charge >= 0.3 is 0 Å². The summed E-state index contributed by atoms with van der Waals surface area (Å²) >= 11 is 0. The highest BCUT2D eigenvalue weighted by Crippen LogP contribution is 2.33. The maximum Gasteiger partial charge on any atom is 0.196 e. The number of hydrogen-bond donors (Lipinski definition) is 3. The smallest absolute Gasteiger partial charge is 0.196 e. The molecule has 96 valence electrons. The van der Waals surface area contributed by atoms with Gasteiger partial charge in [-0.2, -0.15) is 5.10 Å². The number of aromatic nitrogens is 4. The summed E-state index contributed by atoms with van der Waals surface area (Å²) < 4.78 is 7.09. The van der Waals surface area contributed by atoms with Crippen LogP contribution in [-0.2, 0) is 4.74 Å². The lowest BCUT2D eigenvalue weighted by Crippen LogP contribution is -2.24. The number of nitrogens with two attached hydrogens (primary N) is 1.